The van der Waals surface area contributed by atoms with Crippen LogP contribution in [-0.2, 0) is 24.6 Å². The van der Waals surface area contributed by atoms with E-state index in [9.17, 15) is 17.6 Å². The molecule has 1 aliphatic rings. The number of nitrogens with zero attached hydrogens (tertiary/aromatic N) is 2. The van der Waals surface area contributed by atoms with Crippen molar-refractivity contribution >= 4 is 23.6 Å². The minimum atomic E-state index is -4.74. The Kier molecular flexibility index (Phi) is 6.30. The number of benzene rings is 2. The number of hydrogen-bond donors (Lipinski definition) is 2. The Balaban J connectivity index is 1.75. The normalized spacial score (nSPS) is 14.8. The van der Waals surface area contributed by atoms with E-state index < -0.39 is 23.1 Å². The largest absolute Gasteiger partial charge is 0.416 e. The van der Waals surface area contributed by atoms with E-state index in [1.54, 1.807) is 12.1 Å². The summed E-state index contributed by atoms with van der Waals surface area (Å²) in [6.07, 6.45) is 2.34. The monoisotopic (exact) mass is 512 g/mol. The molecule has 0 bridgehead atoms. The second-order valence-electron chi connectivity index (χ2n) is 8.67. The SMILES string of the molecule is Fc1cc(C(F)(F)F)cc(C(Cc2ccccc2)(Nc2nc3c([nH]2)CCC=C3)c2ccc(Cl)cn2)c1. The standard InChI is InChI=1S/C27H21ClF4N4/c28-20-10-11-24(33-16-20)26(15-17-6-2-1-3-7-17,18-12-19(27(30,31)32)14-21(29)13-18)36-25-34-22-8-4-5-9-23(22)35-25/h1-4,6-8,10-14,16H,5,9,15H2,(H2,34,35,36). The van der Waals surface area contributed by atoms with E-state index in [2.05, 4.69) is 20.3 Å². The van der Waals surface area contributed by atoms with E-state index in [1.807, 2.05) is 42.5 Å². The molecular weight excluding hydrogens is 492 g/mol. The molecule has 0 spiro atoms. The quantitative estimate of drug-likeness (QED) is 0.269. The lowest BCUT2D eigenvalue weighted by Gasteiger charge is -2.36. The highest BCUT2D eigenvalue weighted by Gasteiger charge is 2.40. The van der Waals surface area contributed by atoms with Crippen LogP contribution in [0.3, 0.4) is 0 Å². The fraction of sp³-hybridized carbons (Fsp3) is 0.185. The van der Waals surface area contributed by atoms with Gasteiger partial charge in [0, 0.05) is 18.3 Å². The zero-order valence-electron chi connectivity index (χ0n) is 18.9. The number of halogens is 5. The molecule has 1 unspecified atom stereocenters. The minimum absolute atomic E-state index is 0.0541. The van der Waals surface area contributed by atoms with Crippen molar-refractivity contribution in [3.8, 4) is 0 Å². The number of pyridine rings is 1. The lowest BCUT2D eigenvalue weighted by atomic mass is 9.80. The summed E-state index contributed by atoms with van der Waals surface area (Å²) in [5.41, 5.74) is 0.364. The fourth-order valence-corrected chi connectivity index (χ4v) is 4.60. The van der Waals surface area contributed by atoms with Gasteiger partial charge in [-0.05, 0) is 60.4 Å². The lowest BCUT2D eigenvalue weighted by Crippen LogP contribution is -2.40. The van der Waals surface area contributed by atoms with E-state index in [0.29, 0.717) is 22.7 Å². The summed E-state index contributed by atoms with van der Waals surface area (Å²) in [5, 5.41) is 3.68. The van der Waals surface area contributed by atoms with Crippen molar-refractivity contribution in [1.82, 2.24) is 15.0 Å². The Labute approximate surface area is 210 Å². The van der Waals surface area contributed by atoms with Gasteiger partial charge in [-0.3, -0.25) is 4.98 Å². The first-order chi connectivity index (χ1) is 17.2. The molecule has 2 N–H and O–H groups in total. The van der Waals surface area contributed by atoms with Crippen LogP contribution in [-0.4, -0.2) is 15.0 Å². The van der Waals surface area contributed by atoms with Gasteiger partial charge >= 0.3 is 6.18 Å². The zero-order valence-corrected chi connectivity index (χ0v) is 19.7. The number of aromatic nitrogens is 3. The van der Waals surface area contributed by atoms with Gasteiger partial charge in [0.25, 0.3) is 0 Å². The Morgan fingerprint density at radius 1 is 1.00 bits per heavy atom. The third-order valence-electron chi connectivity index (χ3n) is 6.17. The molecule has 4 aromatic rings. The van der Waals surface area contributed by atoms with Crippen LogP contribution in [0.25, 0.3) is 6.08 Å². The second kappa shape index (κ2) is 9.43. The number of nitrogens with one attached hydrogen (secondary N) is 2. The van der Waals surface area contributed by atoms with Gasteiger partial charge in [-0.25, -0.2) is 9.37 Å². The van der Waals surface area contributed by atoms with Crippen LogP contribution in [0.15, 0.2) is 72.9 Å². The van der Waals surface area contributed by atoms with E-state index >= 15 is 0 Å². The maximum Gasteiger partial charge on any atom is 0.416 e. The highest BCUT2D eigenvalue weighted by molar-refractivity contribution is 6.30. The summed E-state index contributed by atoms with van der Waals surface area (Å²) < 4.78 is 56.0. The first-order valence-corrected chi connectivity index (χ1v) is 11.7. The molecule has 9 heteroatoms. The second-order valence-corrected chi connectivity index (χ2v) is 9.11. The van der Waals surface area contributed by atoms with Gasteiger partial charge in [-0.15, -0.1) is 0 Å². The average Bonchev–Trinajstić information content (AvgIpc) is 3.26. The molecule has 0 radical (unpaired) electrons. The highest BCUT2D eigenvalue weighted by Crippen LogP contribution is 2.40. The van der Waals surface area contributed by atoms with E-state index in [1.165, 1.54) is 6.20 Å². The first kappa shape index (κ1) is 24.1. The van der Waals surface area contributed by atoms with Crippen molar-refractivity contribution in [3.63, 3.8) is 0 Å². The first-order valence-electron chi connectivity index (χ1n) is 11.3. The van der Waals surface area contributed by atoms with Crippen molar-refractivity contribution in [2.75, 3.05) is 5.32 Å². The Hall–Kier alpha value is -3.65. The number of aryl methyl sites for hydroxylation is 1. The molecule has 0 fully saturated rings. The van der Waals surface area contributed by atoms with Crippen LogP contribution < -0.4 is 5.32 Å². The molecule has 0 saturated carbocycles. The predicted molar refractivity (Wildman–Crippen MR) is 131 cm³/mol. The molecule has 0 amide bonds. The van der Waals surface area contributed by atoms with Crippen molar-refractivity contribution < 1.29 is 17.6 Å². The number of hydrogen-bond acceptors (Lipinski definition) is 3. The molecule has 1 aliphatic carbocycles. The molecule has 4 nitrogen and oxygen atoms in total. The van der Waals surface area contributed by atoms with Crippen LogP contribution >= 0.6 is 11.6 Å². The topological polar surface area (TPSA) is 53.6 Å². The van der Waals surface area contributed by atoms with Crippen molar-refractivity contribution in [3.05, 3.63) is 118 Å². The molecule has 5 rings (SSSR count). The van der Waals surface area contributed by atoms with Gasteiger partial charge in [-0.1, -0.05) is 48.0 Å². The third kappa shape index (κ3) is 4.86. The molecule has 2 aromatic carbocycles. The van der Waals surface area contributed by atoms with Crippen LogP contribution in [0.2, 0.25) is 5.02 Å². The van der Waals surface area contributed by atoms with E-state index in [0.717, 1.165) is 41.9 Å². The number of imidazole rings is 1. The van der Waals surface area contributed by atoms with Crippen molar-refractivity contribution in [1.29, 1.82) is 0 Å². The summed E-state index contributed by atoms with van der Waals surface area (Å²) in [6.45, 7) is 0. The smallest absolute Gasteiger partial charge is 0.340 e. The molecule has 2 aromatic heterocycles. The van der Waals surface area contributed by atoms with E-state index in [-0.39, 0.29) is 12.0 Å². The number of alkyl halides is 3. The van der Waals surface area contributed by atoms with Gasteiger partial charge in [-0.2, -0.15) is 13.2 Å². The molecule has 184 valence electrons. The predicted octanol–water partition coefficient (Wildman–Crippen LogP) is 7.17. The summed E-state index contributed by atoms with van der Waals surface area (Å²) in [5.74, 6) is -0.660. The van der Waals surface area contributed by atoms with E-state index in [4.69, 9.17) is 11.6 Å². The number of aromatic amines is 1. The summed E-state index contributed by atoms with van der Waals surface area (Å²) in [7, 11) is 0. The fourth-order valence-electron chi connectivity index (χ4n) is 4.49. The van der Waals surface area contributed by atoms with Gasteiger partial charge in [0.05, 0.1) is 22.0 Å². The van der Waals surface area contributed by atoms with Gasteiger partial charge in [0.1, 0.15) is 11.4 Å². The number of rotatable bonds is 6. The minimum Gasteiger partial charge on any atom is -0.340 e. The molecular formula is C27H21ClF4N4. The van der Waals surface area contributed by atoms with Crippen molar-refractivity contribution in [2.45, 2.75) is 31.0 Å². The molecule has 0 saturated heterocycles. The van der Waals surface area contributed by atoms with Crippen molar-refractivity contribution in [2.24, 2.45) is 0 Å². The molecule has 0 aliphatic heterocycles. The number of H-pyrrole nitrogens is 1. The third-order valence-corrected chi connectivity index (χ3v) is 6.40. The van der Waals surface area contributed by atoms with Crippen LogP contribution in [0, 0.1) is 5.82 Å². The van der Waals surface area contributed by atoms with Crippen LogP contribution in [0.5, 0.6) is 0 Å². The van der Waals surface area contributed by atoms with Gasteiger partial charge in [0.2, 0.25) is 5.95 Å². The Morgan fingerprint density at radius 2 is 1.78 bits per heavy atom. The van der Waals surface area contributed by atoms with Crippen LogP contribution in [0.1, 0.15) is 40.2 Å². The zero-order chi connectivity index (χ0) is 25.3. The number of allylic oxidation sites excluding steroid dienone is 1. The summed E-state index contributed by atoms with van der Waals surface area (Å²) >= 11 is 6.09. The maximum atomic E-state index is 14.7. The Morgan fingerprint density at radius 3 is 2.47 bits per heavy atom. The highest BCUT2D eigenvalue weighted by atomic mass is 35.5. The average molecular weight is 513 g/mol. The van der Waals surface area contributed by atoms with Gasteiger partial charge in [0.15, 0.2) is 0 Å². The van der Waals surface area contributed by atoms with Gasteiger partial charge < -0.3 is 10.3 Å². The number of fused-ring (bicyclic) bond motifs is 1. The van der Waals surface area contributed by atoms with Crippen LogP contribution in [0.4, 0.5) is 23.5 Å². The molecule has 36 heavy (non-hydrogen) atoms. The summed E-state index contributed by atoms with van der Waals surface area (Å²) in [4.78, 5) is 12.3. The summed E-state index contributed by atoms with van der Waals surface area (Å²) in [6, 6.07) is 15.0. The molecule has 2 heterocycles. The molecule has 1 atom stereocenters. The lowest BCUT2D eigenvalue weighted by molar-refractivity contribution is -0.137. The maximum absolute atomic E-state index is 14.7. The Bertz CT molecular complexity index is 1400. The number of anilines is 1.